The SMILES string of the molecule is CNC(=O)CCN1CC[C@H](N)C1. The van der Waals surface area contributed by atoms with Crippen LogP contribution in [-0.4, -0.2) is 43.5 Å². The van der Waals surface area contributed by atoms with Gasteiger partial charge in [0, 0.05) is 32.6 Å². The second-order valence-electron chi connectivity index (χ2n) is 3.27. The van der Waals surface area contributed by atoms with Gasteiger partial charge in [-0.3, -0.25) is 4.79 Å². The Labute approximate surface area is 73.1 Å². The number of rotatable bonds is 3. The van der Waals surface area contributed by atoms with Gasteiger partial charge in [-0.15, -0.1) is 0 Å². The summed E-state index contributed by atoms with van der Waals surface area (Å²) in [4.78, 5) is 13.1. The molecule has 1 amide bonds. The highest BCUT2D eigenvalue weighted by molar-refractivity contribution is 5.75. The zero-order valence-corrected chi connectivity index (χ0v) is 7.55. The number of likely N-dealkylation sites (tertiary alicyclic amines) is 1. The summed E-state index contributed by atoms with van der Waals surface area (Å²) < 4.78 is 0. The maximum atomic E-state index is 10.9. The van der Waals surface area contributed by atoms with Crippen LogP contribution in [0.4, 0.5) is 0 Å². The minimum atomic E-state index is 0.107. The van der Waals surface area contributed by atoms with Crippen LogP contribution in [0.2, 0.25) is 0 Å². The highest BCUT2D eigenvalue weighted by atomic mass is 16.1. The van der Waals surface area contributed by atoms with Crippen molar-refractivity contribution in [3.05, 3.63) is 0 Å². The molecule has 0 radical (unpaired) electrons. The van der Waals surface area contributed by atoms with Gasteiger partial charge in [0.2, 0.25) is 5.91 Å². The molecule has 0 bridgehead atoms. The first kappa shape index (κ1) is 9.48. The summed E-state index contributed by atoms with van der Waals surface area (Å²) in [6, 6.07) is 0.315. The molecule has 1 aliphatic rings. The Balaban J connectivity index is 2.11. The van der Waals surface area contributed by atoms with Gasteiger partial charge in [0.05, 0.1) is 0 Å². The third-order valence-electron chi connectivity index (χ3n) is 2.24. The number of nitrogens with one attached hydrogen (secondary N) is 1. The van der Waals surface area contributed by atoms with E-state index < -0.39 is 0 Å². The van der Waals surface area contributed by atoms with E-state index >= 15 is 0 Å². The van der Waals surface area contributed by atoms with Crippen molar-refractivity contribution >= 4 is 5.91 Å². The van der Waals surface area contributed by atoms with Crippen molar-refractivity contribution in [2.45, 2.75) is 18.9 Å². The van der Waals surface area contributed by atoms with Gasteiger partial charge in [-0.25, -0.2) is 0 Å². The first-order valence-corrected chi connectivity index (χ1v) is 4.41. The van der Waals surface area contributed by atoms with E-state index in [1.165, 1.54) is 0 Å². The van der Waals surface area contributed by atoms with E-state index in [9.17, 15) is 4.79 Å². The number of carbonyl (C=O) groups excluding carboxylic acids is 1. The first-order valence-electron chi connectivity index (χ1n) is 4.41. The fourth-order valence-corrected chi connectivity index (χ4v) is 1.45. The second kappa shape index (κ2) is 4.42. The highest BCUT2D eigenvalue weighted by Gasteiger charge is 2.18. The van der Waals surface area contributed by atoms with E-state index in [0.29, 0.717) is 12.5 Å². The lowest BCUT2D eigenvalue weighted by atomic mass is 10.3. The molecule has 0 aromatic rings. The lowest BCUT2D eigenvalue weighted by Crippen LogP contribution is -2.30. The molecule has 70 valence electrons. The summed E-state index contributed by atoms with van der Waals surface area (Å²) >= 11 is 0. The van der Waals surface area contributed by atoms with Gasteiger partial charge >= 0.3 is 0 Å². The van der Waals surface area contributed by atoms with Crippen molar-refractivity contribution in [1.29, 1.82) is 0 Å². The molecular weight excluding hydrogens is 154 g/mol. The van der Waals surface area contributed by atoms with Gasteiger partial charge in [-0.2, -0.15) is 0 Å². The molecule has 1 atom stereocenters. The van der Waals surface area contributed by atoms with Crippen LogP contribution < -0.4 is 11.1 Å². The number of carbonyl (C=O) groups is 1. The predicted molar refractivity (Wildman–Crippen MR) is 47.7 cm³/mol. The van der Waals surface area contributed by atoms with Crippen LogP contribution in [0.25, 0.3) is 0 Å². The van der Waals surface area contributed by atoms with Crippen molar-refractivity contribution in [1.82, 2.24) is 10.2 Å². The molecular formula is C8H17N3O. The smallest absolute Gasteiger partial charge is 0.221 e. The summed E-state index contributed by atoms with van der Waals surface area (Å²) in [6.07, 6.45) is 1.65. The maximum Gasteiger partial charge on any atom is 0.221 e. The fraction of sp³-hybridized carbons (Fsp3) is 0.875. The lowest BCUT2D eigenvalue weighted by Gasteiger charge is -2.13. The van der Waals surface area contributed by atoms with Crippen LogP contribution in [-0.2, 0) is 4.79 Å². The molecule has 1 fully saturated rings. The van der Waals surface area contributed by atoms with E-state index in [0.717, 1.165) is 26.1 Å². The normalized spacial score (nSPS) is 24.3. The first-order chi connectivity index (χ1) is 5.72. The predicted octanol–water partition coefficient (Wildman–Crippen LogP) is -0.844. The Morgan fingerprint density at radius 3 is 3.00 bits per heavy atom. The van der Waals surface area contributed by atoms with Crippen molar-refractivity contribution in [2.24, 2.45) is 5.73 Å². The molecule has 4 nitrogen and oxygen atoms in total. The number of hydrogen-bond acceptors (Lipinski definition) is 3. The van der Waals surface area contributed by atoms with E-state index in [2.05, 4.69) is 10.2 Å². The zero-order valence-electron chi connectivity index (χ0n) is 7.55. The standard InChI is InChI=1S/C8H17N3O/c1-10-8(12)3-5-11-4-2-7(9)6-11/h7H,2-6,9H2,1H3,(H,10,12)/t7-/m0/s1. The van der Waals surface area contributed by atoms with E-state index in [4.69, 9.17) is 5.73 Å². The average molecular weight is 171 g/mol. The van der Waals surface area contributed by atoms with Crippen LogP contribution in [0, 0.1) is 0 Å². The molecule has 1 aliphatic heterocycles. The molecule has 0 saturated carbocycles. The van der Waals surface area contributed by atoms with Gasteiger partial charge in [-0.1, -0.05) is 0 Å². The quantitative estimate of drug-likeness (QED) is 0.582. The Morgan fingerprint density at radius 2 is 2.50 bits per heavy atom. The molecule has 1 rings (SSSR count). The van der Waals surface area contributed by atoms with Crippen LogP contribution in [0.1, 0.15) is 12.8 Å². The van der Waals surface area contributed by atoms with E-state index in [1.807, 2.05) is 0 Å². The third kappa shape index (κ3) is 2.79. The Hall–Kier alpha value is -0.610. The Morgan fingerprint density at radius 1 is 1.75 bits per heavy atom. The van der Waals surface area contributed by atoms with Crippen LogP contribution >= 0.6 is 0 Å². The molecule has 0 spiro atoms. The minimum absolute atomic E-state index is 0.107. The molecule has 1 saturated heterocycles. The van der Waals surface area contributed by atoms with Crippen LogP contribution in [0.3, 0.4) is 0 Å². The largest absolute Gasteiger partial charge is 0.359 e. The molecule has 4 heteroatoms. The summed E-state index contributed by atoms with van der Waals surface area (Å²) in [7, 11) is 1.66. The number of amides is 1. The molecule has 0 unspecified atom stereocenters. The fourth-order valence-electron chi connectivity index (χ4n) is 1.45. The summed E-state index contributed by atoms with van der Waals surface area (Å²) in [5, 5.41) is 2.60. The number of nitrogens with zero attached hydrogens (tertiary/aromatic N) is 1. The van der Waals surface area contributed by atoms with Crippen molar-refractivity contribution in [3.8, 4) is 0 Å². The second-order valence-corrected chi connectivity index (χ2v) is 3.27. The van der Waals surface area contributed by atoms with E-state index in [1.54, 1.807) is 7.05 Å². The summed E-state index contributed by atoms with van der Waals surface area (Å²) in [6.45, 7) is 2.82. The van der Waals surface area contributed by atoms with Crippen LogP contribution in [0.5, 0.6) is 0 Å². The summed E-state index contributed by atoms with van der Waals surface area (Å²) in [5.41, 5.74) is 5.72. The van der Waals surface area contributed by atoms with Crippen molar-refractivity contribution in [2.75, 3.05) is 26.7 Å². The zero-order chi connectivity index (χ0) is 8.97. The molecule has 12 heavy (non-hydrogen) atoms. The van der Waals surface area contributed by atoms with Crippen molar-refractivity contribution in [3.63, 3.8) is 0 Å². The van der Waals surface area contributed by atoms with Gasteiger partial charge in [-0.05, 0) is 13.0 Å². The van der Waals surface area contributed by atoms with Gasteiger partial charge < -0.3 is 16.0 Å². The molecule has 0 aromatic heterocycles. The summed E-state index contributed by atoms with van der Waals surface area (Å²) in [5.74, 6) is 0.107. The van der Waals surface area contributed by atoms with Crippen molar-refractivity contribution < 1.29 is 4.79 Å². The minimum Gasteiger partial charge on any atom is -0.359 e. The monoisotopic (exact) mass is 171 g/mol. The number of nitrogens with two attached hydrogens (primary N) is 1. The third-order valence-corrected chi connectivity index (χ3v) is 2.24. The van der Waals surface area contributed by atoms with Crippen LogP contribution in [0.15, 0.2) is 0 Å². The van der Waals surface area contributed by atoms with Gasteiger partial charge in [0.15, 0.2) is 0 Å². The van der Waals surface area contributed by atoms with E-state index in [-0.39, 0.29) is 5.91 Å². The Kier molecular flexibility index (Phi) is 3.49. The van der Waals surface area contributed by atoms with Gasteiger partial charge in [0.1, 0.15) is 0 Å². The Bertz CT molecular complexity index is 160. The maximum absolute atomic E-state index is 10.9. The average Bonchev–Trinajstić information content (AvgIpc) is 2.47. The molecule has 1 heterocycles. The lowest BCUT2D eigenvalue weighted by molar-refractivity contribution is -0.120. The topological polar surface area (TPSA) is 58.4 Å². The van der Waals surface area contributed by atoms with Gasteiger partial charge in [0.25, 0.3) is 0 Å². The molecule has 0 aliphatic carbocycles. The molecule has 3 N–H and O–H groups in total. The molecule has 0 aromatic carbocycles. The highest BCUT2D eigenvalue weighted by Crippen LogP contribution is 2.06. The number of hydrogen-bond donors (Lipinski definition) is 2.